The van der Waals surface area contributed by atoms with Gasteiger partial charge in [-0.3, -0.25) is 0 Å². The number of hydrogen-bond donors (Lipinski definition) is 2. The van der Waals surface area contributed by atoms with Gasteiger partial charge in [0, 0.05) is 19.2 Å². The maximum Gasteiger partial charge on any atom is 0.119 e. The van der Waals surface area contributed by atoms with Crippen LogP contribution in [0, 0.1) is 5.41 Å². The van der Waals surface area contributed by atoms with Gasteiger partial charge in [-0.2, -0.15) is 0 Å². The van der Waals surface area contributed by atoms with E-state index in [-0.39, 0.29) is 12.0 Å². The van der Waals surface area contributed by atoms with Gasteiger partial charge in [0.25, 0.3) is 0 Å². The molecule has 1 atom stereocenters. The van der Waals surface area contributed by atoms with Crippen molar-refractivity contribution in [2.24, 2.45) is 5.41 Å². The molecule has 3 nitrogen and oxygen atoms in total. The van der Waals surface area contributed by atoms with Crippen LogP contribution in [0.2, 0.25) is 0 Å². The molecule has 0 bridgehead atoms. The fourth-order valence-corrected chi connectivity index (χ4v) is 2.85. The van der Waals surface area contributed by atoms with E-state index in [9.17, 15) is 0 Å². The van der Waals surface area contributed by atoms with E-state index in [0.29, 0.717) is 6.04 Å². The first-order valence-electron chi connectivity index (χ1n) is 7.54. The number of benzene rings is 1. The quantitative estimate of drug-likeness (QED) is 0.839. The number of rotatable bonds is 6. The fourth-order valence-electron chi connectivity index (χ4n) is 2.85. The smallest absolute Gasteiger partial charge is 0.119 e. The SMILES string of the molecule is COc1ccc2c(c1)CC(NCC(C)(C)CCO)CC2. The number of methoxy groups -OCH3 is 1. The molecule has 0 fully saturated rings. The third-order valence-corrected chi connectivity index (χ3v) is 4.30. The minimum Gasteiger partial charge on any atom is -0.497 e. The number of aliphatic hydroxyl groups is 1. The fraction of sp³-hybridized carbons (Fsp3) is 0.647. The minimum atomic E-state index is 0.156. The van der Waals surface area contributed by atoms with Gasteiger partial charge in [0.05, 0.1) is 7.11 Å². The highest BCUT2D eigenvalue weighted by atomic mass is 16.5. The van der Waals surface area contributed by atoms with Crippen molar-refractivity contribution < 1.29 is 9.84 Å². The van der Waals surface area contributed by atoms with Crippen LogP contribution >= 0.6 is 0 Å². The van der Waals surface area contributed by atoms with Crippen LogP contribution in [0.3, 0.4) is 0 Å². The number of hydrogen-bond acceptors (Lipinski definition) is 3. The third-order valence-electron chi connectivity index (χ3n) is 4.30. The summed E-state index contributed by atoms with van der Waals surface area (Å²) in [5, 5.41) is 12.8. The maximum atomic E-state index is 9.09. The van der Waals surface area contributed by atoms with Gasteiger partial charge in [0.1, 0.15) is 5.75 Å². The van der Waals surface area contributed by atoms with Crippen LogP contribution in [-0.2, 0) is 12.8 Å². The van der Waals surface area contributed by atoms with Gasteiger partial charge in [0.15, 0.2) is 0 Å². The van der Waals surface area contributed by atoms with Crippen molar-refractivity contribution in [1.82, 2.24) is 5.32 Å². The van der Waals surface area contributed by atoms with Gasteiger partial charge >= 0.3 is 0 Å². The Labute approximate surface area is 122 Å². The molecule has 1 aliphatic rings. The number of fused-ring (bicyclic) bond motifs is 1. The molecule has 0 radical (unpaired) electrons. The van der Waals surface area contributed by atoms with Gasteiger partial charge in [0.2, 0.25) is 0 Å². The Balaban J connectivity index is 1.93. The zero-order valence-electron chi connectivity index (χ0n) is 12.9. The lowest BCUT2D eigenvalue weighted by Crippen LogP contribution is -2.40. The number of aliphatic hydroxyl groups excluding tert-OH is 1. The van der Waals surface area contributed by atoms with Crippen LogP contribution < -0.4 is 10.1 Å². The molecule has 0 aliphatic heterocycles. The van der Waals surface area contributed by atoms with E-state index in [1.807, 2.05) is 0 Å². The van der Waals surface area contributed by atoms with Crippen molar-refractivity contribution in [2.45, 2.75) is 45.6 Å². The lowest BCUT2D eigenvalue weighted by molar-refractivity contribution is 0.201. The Bertz CT molecular complexity index is 443. The summed E-state index contributed by atoms with van der Waals surface area (Å²) >= 11 is 0. The van der Waals surface area contributed by atoms with E-state index in [2.05, 4.69) is 37.4 Å². The molecule has 0 spiro atoms. The van der Waals surface area contributed by atoms with Crippen molar-refractivity contribution >= 4 is 0 Å². The normalized spacial score (nSPS) is 18.7. The lowest BCUT2D eigenvalue weighted by atomic mass is 9.86. The topological polar surface area (TPSA) is 41.5 Å². The minimum absolute atomic E-state index is 0.156. The highest BCUT2D eigenvalue weighted by molar-refractivity contribution is 5.37. The van der Waals surface area contributed by atoms with E-state index in [1.165, 1.54) is 17.5 Å². The van der Waals surface area contributed by atoms with Crippen LogP contribution in [0.15, 0.2) is 18.2 Å². The Morgan fingerprint density at radius 3 is 2.85 bits per heavy atom. The molecule has 0 aromatic heterocycles. The summed E-state index contributed by atoms with van der Waals surface area (Å²) in [5.74, 6) is 0.949. The molecule has 0 amide bonds. The van der Waals surface area contributed by atoms with Gasteiger partial charge in [-0.1, -0.05) is 19.9 Å². The van der Waals surface area contributed by atoms with Gasteiger partial charge < -0.3 is 15.2 Å². The van der Waals surface area contributed by atoms with Gasteiger partial charge in [-0.15, -0.1) is 0 Å². The first-order chi connectivity index (χ1) is 9.54. The molecule has 0 heterocycles. The predicted octanol–water partition coefficient (Wildman–Crippen LogP) is 2.55. The Kier molecular flexibility index (Phi) is 5.06. The van der Waals surface area contributed by atoms with Crippen LogP contribution in [0.4, 0.5) is 0 Å². The van der Waals surface area contributed by atoms with Crippen molar-refractivity contribution in [2.75, 3.05) is 20.3 Å². The molecule has 1 unspecified atom stereocenters. The van der Waals surface area contributed by atoms with Crippen molar-refractivity contribution in [3.63, 3.8) is 0 Å². The second kappa shape index (κ2) is 6.59. The van der Waals surface area contributed by atoms with Crippen LogP contribution in [0.5, 0.6) is 5.75 Å². The Morgan fingerprint density at radius 1 is 1.35 bits per heavy atom. The highest BCUT2D eigenvalue weighted by Gasteiger charge is 2.22. The average Bonchev–Trinajstić information content (AvgIpc) is 2.44. The molecule has 1 aromatic rings. The number of aryl methyl sites for hydroxylation is 1. The van der Waals surface area contributed by atoms with E-state index in [0.717, 1.165) is 31.6 Å². The van der Waals surface area contributed by atoms with Crippen LogP contribution in [0.25, 0.3) is 0 Å². The molecule has 20 heavy (non-hydrogen) atoms. The zero-order chi connectivity index (χ0) is 14.6. The molecule has 2 rings (SSSR count). The molecular weight excluding hydrogens is 250 g/mol. The summed E-state index contributed by atoms with van der Waals surface area (Å²) in [7, 11) is 1.72. The second-order valence-electron chi connectivity index (χ2n) is 6.59. The average molecular weight is 277 g/mol. The van der Waals surface area contributed by atoms with E-state index in [1.54, 1.807) is 7.11 Å². The number of nitrogens with one attached hydrogen (secondary N) is 1. The molecule has 3 heteroatoms. The first kappa shape index (κ1) is 15.3. The summed E-state index contributed by atoms with van der Waals surface area (Å²) in [5.41, 5.74) is 3.02. The summed E-state index contributed by atoms with van der Waals surface area (Å²) in [6.45, 7) is 5.63. The Hall–Kier alpha value is -1.06. The predicted molar refractivity (Wildman–Crippen MR) is 82.3 cm³/mol. The monoisotopic (exact) mass is 277 g/mol. The Morgan fingerprint density at radius 2 is 2.15 bits per heavy atom. The second-order valence-corrected chi connectivity index (χ2v) is 6.59. The lowest BCUT2D eigenvalue weighted by Gasteiger charge is -2.31. The molecule has 1 aliphatic carbocycles. The largest absolute Gasteiger partial charge is 0.497 e. The van der Waals surface area contributed by atoms with Crippen LogP contribution in [-0.4, -0.2) is 31.4 Å². The van der Waals surface area contributed by atoms with Gasteiger partial charge in [-0.05, 0) is 54.4 Å². The zero-order valence-corrected chi connectivity index (χ0v) is 12.9. The van der Waals surface area contributed by atoms with Crippen molar-refractivity contribution in [1.29, 1.82) is 0 Å². The summed E-state index contributed by atoms with van der Waals surface area (Å²) in [6.07, 6.45) is 4.24. The molecule has 2 N–H and O–H groups in total. The standard InChI is InChI=1S/C17H27NO2/c1-17(2,8-9-19)12-18-15-6-4-13-5-7-16(20-3)11-14(13)10-15/h5,7,11,15,18-19H,4,6,8-10,12H2,1-3H3. The summed E-state index contributed by atoms with van der Waals surface area (Å²) < 4.78 is 5.31. The number of ether oxygens (including phenoxy) is 1. The van der Waals surface area contributed by atoms with E-state index < -0.39 is 0 Å². The van der Waals surface area contributed by atoms with Crippen molar-refractivity contribution in [3.05, 3.63) is 29.3 Å². The molecule has 1 aromatic carbocycles. The molecule has 0 saturated carbocycles. The molecular formula is C17H27NO2. The summed E-state index contributed by atoms with van der Waals surface area (Å²) in [6, 6.07) is 6.95. The molecule has 0 saturated heterocycles. The van der Waals surface area contributed by atoms with Gasteiger partial charge in [-0.25, -0.2) is 0 Å². The van der Waals surface area contributed by atoms with Crippen molar-refractivity contribution in [3.8, 4) is 5.75 Å². The van der Waals surface area contributed by atoms with E-state index in [4.69, 9.17) is 9.84 Å². The van der Waals surface area contributed by atoms with E-state index >= 15 is 0 Å². The maximum absolute atomic E-state index is 9.09. The summed E-state index contributed by atoms with van der Waals surface area (Å²) in [4.78, 5) is 0. The van der Waals surface area contributed by atoms with Crippen LogP contribution in [0.1, 0.15) is 37.8 Å². The highest BCUT2D eigenvalue weighted by Crippen LogP contribution is 2.26. The molecule has 112 valence electrons. The third kappa shape index (κ3) is 3.97. The first-order valence-corrected chi connectivity index (χ1v) is 7.54.